The first-order chi connectivity index (χ1) is 14.1. The third kappa shape index (κ3) is 6.34. The van der Waals surface area contributed by atoms with Crippen LogP contribution in [-0.4, -0.2) is 40.0 Å². The highest BCUT2D eigenvalue weighted by molar-refractivity contribution is 7.89. The fourth-order valence-corrected chi connectivity index (χ4v) is 3.99. The summed E-state index contributed by atoms with van der Waals surface area (Å²) in [6.07, 6.45) is 0. The number of benzene rings is 2. The van der Waals surface area contributed by atoms with Crippen LogP contribution in [0.3, 0.4) is 0 Å². The topological polar surface area (TPSA) is 114 Å². The SMILES string of the molecule is COCC(=O)Nc1ccc(NC(=O)[C@@H](NS(=O)(=O)c2ccccc2F)C(C)C)cc1. The molecule has 0 saturated heterocycles. The molecule has 1 atom stereocenters. The van der Waals surface area contributed by atoms with E-state index in [0.29, 0.717) is 11.4 Å². The molecule has 0 unspecified atom stereocenters. The summed E-state index contributed by atoms with van der Waals surface area (Å²) in [4.78, 5) is 23.7. The van der Waals surface area contributed by atoms with Crippen LogP contribution in [0.15, 0.2) is 53.4 Å². The highest BCUT2D eigenvalue weighted by atomic mass is 32.2. The van der Waals surface area contributed by atoms with Gasteiger partial charge in [0.1, 0.15) is 23.4 Å². The zero-order valence-corrected chi connectivity index (χ0v) is 17.6. The van der Waals surface area contributed by atoms with Crippen molar-refractivity contribution >= 4 is 33.2 Å². The number of amides is 2. The molecule has 0 aliphatic carbocycles. The maximum absolute atomic E-state index is 13.9. The Hall–Kier alpha value is -2.82. The van der Waals surface area contributed by atoms with E-state index in [1.807, 2.05) is 0 Å². The number of halogens is 1. The third-order valence-corrected chi connectivity index (χ3v) is 5.54. The van der Waals surface area contributed by atoms with E-state index >= 15 is 0 Å². The smallest absolute Gasteiger partial charge is 0.250 e. The molecule has 0 aliphatic heterocycles. The maximum Gasteiger partial charge on any atom is 0.250 e. The zero-order valence-electron chi connectivity index (χ0n) is 16.8. The molecule has 2 rings (SSSR count). The van der Waals surface area contributed by atoms with Gasteiger partial charge in [-0.3, -0.25) is 9.59 Å². The molecule has 2 aromatic rings. The summed E-state index contributed by atoms with van der Waals surface area (Å²) in [5, 5.41) is 5.24. The van der Waals surface area contributed by atoms with Crippen LogP contribution in [0.1, 0.15) is 13.8 Å². The minimum absolute atomic E-state index is 0.0866. The van der Waals surface area contributed by atoms with E-state index in [0.717, 1.165) is 12.1 Å². The largest absolute Gasteiger partial charge is 0.375 e. The minimum atomic E-state index is -4.24. The lowest BCUT2D eigenvalue weighted by Crippen LogP contribution is -2.47. The molecular formula is C20H24FN3O5S. The third-order valence-electron chi connectivity index (χ3n) is 4.07. The quantitative estimate of drug-likeness (QED) is 0.557. The number of hydrogen-bond acceptors (Lipinski definition) is 5. The molecule has 0 spiro atoms. The van der Waals surface area contributed by atoms with Gasteiger partial charge in [0.2, 0.25) is 21.8 Å². The number of rotatable bonds is 9. The lowest BCUT2D eigenvalue weighted by molar-refractivity contribution is -0.120. The summed E-state index contributed by atoms with van der Waals surface area (Å²) in [7, 11) is -2.84. The number of carbonyl (C=O) groups excluding carboxylic acids is 2. The van der Waals surface area contributed by atoms with E-state index in [1.54, 1.807) is 38.1 Å². The lowest BCUT2D eigenvalue weighted by atomic mass is 10.0. The van der Waals surface area contributed by atoms with Crippen molar-refractivity contribution in [3.63, 3.8) is 0 Å². The van der Waals surface area contributed by atoms with Crippen LogP contribution in [0.2, 0.25) is 0 Å². The van der Waals surface area contributed by atoms with E-state index in [-0.39, 0.29) is 12.5 Å². The average molecular weight is 437 g/mol. The summed E-state index contributed by atoms with van der Waals surface area (Å²) in [5.74, 6) is -2.23. The lowest BCUT2D eigenvalue weighted by Gasteiger charge is -2.22. The summed E-state index contributed by atoms with van der Waals surface area (Å²) >= 11 is 0. The second kappa shape index (κ2) is 10.3. The van der Waals surface area contributed by atoms with Gasteiger partial charge in [0.25, 0.3) is 0 Å². The van der Waals surface area contributed by atoms with Gasteiger partial charge in [0, 0.05) is 18.5 Å². The molecule has 0 radical (unpaired) electrons. The van der Waals surface area contributed by atoms with Crippen LogP contribution >= 0.6 is 0 Å². The van der Waals surface area contributed by atoms with Gasteiger partial charge >= 0.3 is 0 Å². The van der Waals surface area contributed by atoms with Gasteiger partial charge in [0.05, 0.1) is 0 Å². The number of hydrogen-bond donors (Lipinski definition) is 3. The Morgan fingerprint density at radius 1 is 1.00 bits per heavy atom. The standard InChI is InChI=1S/C20H24FN3O5S/c1-13(2)19(24-30(27,28)17-7-5-4-6-16(17)21)20(26)23-15-10-8-14(9-11-15)22-18(25)12-29-3/h4-11,13,19,24H,12H2,1-3H3,(H,22,25)(H,23,26)/t19-/m0/s1. The van der Waals surface area contributed by atoms with E-state index in [1.165, 1.54) is 19.2 Å². The Balaban J connectivity index is 2.11. The van der Waals surface area contributed by atoms with Gasteiger partial charge in [0.15, 0.2) is 0 Å². The van der Waals surface area contributed by atoms with Gasteiger partial charge in [-0.25, -0.2) is 12.8 Å². The highest BCUT2D eigenvalue weighted by Crippen LogP contribution is 2.18. The number of ether oxygens (including phenoxy) is 1. The molecule has 2 aromatic carbocycles. The van der Waals surface area contributed by atoms with Crippen molar-refractivity contribution in [3.05, 3.63) is 54.3 Å². The molecular weight excluding hydrogens is 413 g/mol. The fourth-order valence-electron chi connectivity index (χ4n) is 2.57. The Morgan fingerprint density at radius 2 is 1.57 bits per heavy atom. The summed E-state index contributed by atoms with van der Waals surface area (Å²) in [6.45, 7) is 3.25. The molecule has 0 aliphatic rings. The predicted octanol–water partition coefficient (Wildman–Crippen LogP) is 2.35. The second-order valence-corrected chi connectivity index (χ2v) is 8.50. The van der Waals surface area contributed by atoms with E-state index < -0.39 is 38.6 Å². The first-order valence-electron chi connectivity index (χ1n) is 9.10. The normalized spacial score (nSPS) is 12.4. The number of anilines is 2. The summed E-state index contributed by atoms with van der Waals surface area (Å²) in [5.41, 5.74) is 0.913. The predicted molar refractivity (Wildman–Crippen MR) is 111 cm³/mol. The Morgan fingerprint density at radius 3 is 2.10 bits per heavy atom. The monoisotopic (exact) mass is 437 g/mol. The fraction of sp³-hybridized carbons (Fsp3) is 0.300. The first-order valence-corrected chi connectivity index (χ1v) is 10.6. The molecule has 8 nitrogen and oxygen atoms in total. The van der Waals surface area contributed by atoms with Crippen molar-refractivity contribution in [1.82, 2.24) is 4.72 Å². The zero-order chi connectivity index (χ0) is 22.3. The van der Waals surface area contributed by atoms with Crippen LogP contribution < -0.4 is 15.4 Å². The van der Waals surface area contributed by atoms with Crippen molar-refractivity contribution in [2.24, 2.45) is 5.92 Å². The van der Waals surface area contributed by atoms with Crippen molar-refractivity contribution < 1.29 is 27.1 Å². The van der Waals surface area contributed by atoms with Gasteiger partial charge in [-0.05, 0) is 42.3 Å². The van der Waals surface area contributed by atoms with E-state index in [2.05, 4.69) is 15.4 Å². The Labute approximate surface area is 174 Å². The second-order valence-electron chi connectivity index (χ2n) is 6.82. The van der Waals surface area contributed by atoms with Crippen LogP contribution in [0.5, 0.6) is 0 Å². The Bertz CT molecular complexity index is 994. The molecule has 0 aromatic heterocycles. The molecule has 0 saturated carbocycles. The number of methoxy groups -OCH3 is 1. The molecule has 30 heavy (non-hydrogen) atoms. The van der Waals surface area contributed by atoms with Gasteiger partial charge in [-0.2, -0.15) is 4.72 Å². The molecule has 3 N–H and O–H groups in total. The van der Waals surface area contributed by atoms with Crippen LogP contribution in [0.4, 0.5) is 15.8 Å². The minimum Gasteiger partial charge on any atom is -0.375 e. The summed E-state index contributed by atoms with van der Waals surface area (Å²) < 4.78 is 46.0. The highest BCUT2D eigenvalue weighted by Gasteiger charge is 2.29. The molecule has 0 bridgehead atoms. The van der Waals surface area contributed by atoms with Gasteiger partial charge < -0.3 is 15.4 Å². The molecule has 2 amide bonds. The number of sulfonamides is 1. The van der Waals surface area contributed by atoms with Crippen LogP contribution in [0, 0.1) is 11.7 Å². The number of carbonyl (C=O) groups is 2. The molecule has 10 heteroatoms. The van der Waals surface area contributed by atoms with Crippen molar-refractivity contribution in [2.45, 2.75) is 24.8 Å². The molecule has 0 fully saturated rings. The van der Waals surface area contributed by atoms with E-state index in [9.17, 15) is 22.4 Å². The maximum atomic E-state index is 13.9. The first kappa shape index (κ1) is 23.5. The van der Waals surface area contributed by atoms with Gasteiger partial charge in [-0.15, -0.1) is 0 Å². The number of nitrogens with one attached hydrogen (secondary N) is 3. The van der Waals surface area contributed by atoms with Gasteiger partial charge in [-0.1, -0.05) is 26.0 Å². The molecule has 162 valence electrons. The van der Waals surface area contributed by atoms with Crippen LogP contribution in [0.25, 0.3) is 0 Å². The van der Waals surface area contributed by atoms with E-state index in [4.69, 9.17) is 4.74 Å². The molecule has 0 heterocycles. The Kier molecular flexibility index (Phi) is 8.04. The van der Waals surface area contributed by atoms with Crippen molar-refractivity contribution in [1.29, 1.82) is 0 Å². The van der Waals surface area contributed by atoms with Crippen LogP contribution in [-0.2, 0) is 24.3 Å². The summed E-state index contributed by atoms with van der Waals surface area (Å²) in [6, 6.07) is 10.1. The average Bonchev–Trinajstić information content (AvgIpc) is 2.68. The van der Waals surface area contributed by atoms with Crippen molar-refractivity contribution in [3.8, 4) is 0 Å². The van der Waals surface area contributed by atoms with Crippen molar-refractivity contribution in [2.75, 3.05) is 24.4 Å².